The van der Waals surface area contributed by atoms with Crippen LogP contribution in [0.2, 0.25) is 0 Å². The average Bonchev–Trinajstić information content (AvgIpc) is 2.39. The molecule has 0 bridgehead atoms. The maximum Gasteiger partial charge on any atom is 0.00789 e. The predicted octanol–water partition coefficient (Wildman–Crippen LogP) is 2.43. The van der Waals surface area contributed by atoms with Crippen LogP contribution in [0.15, 0.2) is 0 Å². The number of hydrogen-bond donors (Lipinski definition) is 1. The van der Waals surface area contributed by atoms with Crippen molar-refractivity contribution in [3.63, 3.8) is 0 Å². The molecule has 0 heterocycles. The van der Waals surface area contributed by atoms with Crippen molar-refractivity contribution in [3.8, 4) is 0 Å². The highest BCUT2D eigenvalue weighted by atomic mass is 15.2. The first kappa shape index (κ1) is 17.9. The van der Waals surface area contributed by atoms with Crippen LogP contribution >= 0.6 is 0 Å². The van der Waals surface area contributed by atoms with E-state index in [0.29, 0.717) is 6.04 Å². The van der Waals surface area contributed by atoms with Crippen molar-refractivity contribution in [2.24, 2.45) is 0 Å². The van der Waals surface area contributed by atoms with Crippen molar-refractivity contribution in [2.45, 2.75) is 53.5 Å². The highest BCUT2D eigenvalue weighted by molar-refractivity contribution is 4.68. The van der Waals surface area contributed by atoms with Gasteiger partial charge in [-0.2, -0.15) is 0 Å². The Morgan fingerprint density at radius 3 is 2.11 bits per heavy atom. The summed E-state index contributed by atoms with van der Waals surface area (Å²) in [4.78, 5) is 5.12. The Hall–Kier alpha value is -0.120. The van der Waals surface area contributed by atoms with Gasteiger partial charge in [-0.1, -0.05) is 27.7 Å². The van der Waals surface area contributed by atoms with Crippen molar-refractivity contribution < 1.29 is 0 Å². The fourth-order valence-corrected chi connectivity index (χ4v) is 2.40. The molecule has 0 saturated carbocycles. The minimum atomic E-state index is 0.700. The third-order valence-corrected chi connectivity index (χ3v) is 3.83. The molecule has 0 aromatic carbocycles. The van der Waals surface area contributed by atoms with Crippen LogP contribution in [-0.4, -0.2) is 61.7 Å². The Bertz CT molecular complexity index is 169. The summed E-state index contributed by atoms with van der Waals surface area (Å²) in [6.07, 6.45) is 2.55. The highest BCUT2D eigenvalue weighted by Gasteiger charge is 2.11. The largest absolute Gasteiger partial charge is 0.317 e. The Balaban J connectivity index is 3.80. The normalized spacial score (nSPS) is 13.5. The van der Waals surface area contributed by atoms with E-state index in [1.807, 2.05) is 0 Å². The molecule has 110 valence electrons. The van der Waals surface area contributed by atoms with E-state index in [-0.39, 0.29) is 0 Å². The monoisotopic (exact) mass is 257 g/mol. The van der Waals surface area contributed by atoms with Crippen molar-refractivity contribution in [3.05, 3.63) is 0 Å². The van der Waals surface area contributed by atoms with Gasteiger partial charge in [-0.25, -0.2) is 0 Å². The van der Waals surface area contributed by atoms with Gasteiger partial charge >= 0.3 is 0 Å². The van der Waals surface area contributed by atoms with E-state index in [1.54, 1.807) is 0 Å². The van der Waals surface area contributed by atoms with Crippen LogP contribution in [0.1, 0.15) is 47.5 Å². The van der Waals surface area contributed by atoms with E-state index < -0.39 is 0 Å². The third-order valence-electron chi connectivity index (χ3n) is 3.83. The van der Waals surface area contributed by atoms with E-state index in [1.165, 1.54) is 45.6 Å². The van der Waals surface area contributed by atoms with Gasteiger partial charge in [0.2, 0.25) is 0 Å². The fourth-order valence-electron chi connectivity index (χ4n) is 2.40. The van der Waals surface area contributed by atoms with E-state index in [0.717, 1.165) is 13.1 Å². The summed E-state index contributed by atoms with van der Waals surface area (Å²) in [5, 5.41) is 3.42. The maximum absolute atomic E-state index is 3.42. The van der Waals surface area contributed by atoms with E-state index >= 15 is 0 Å². The minimum absolute atomic E-state index is 0.700. The van der Waals surface area contributed by atoms with Gasteiger partial charge in [0.1, 0.15) is 0 Å². The quantitative estimate of drug-likeness (QED) is 0.542. The summed E-state index contributed by atoms with van der Waals surface area (Å²) in [7, 11) is 0. The van der Waals surface area contributed by atoms with Crippen LogP contribution in [0.25, 0.3) is 0 Å². The predicted molar refractivity (Wildman–Crippen MR) is 82.3 cm³/mol. The van der Waals surface area contributed by atoms with Crippen LogP contribution in [0.5, 0.6) is 0 Å². The summed E-state index contributed by atoms with van der Waals surface area (Å²) in [5.41, 5.74) is 0. The molecule has 0 rings (SSSR count). The summed E-state index contributed by atoms with van der Waals surface area (Å²) in [6, 6.07) is 0.700. The lowest BCUT2D eigenvalue weighted by Gasteiger charge is -2.29. The molecular weight excluding hydrogens is 222 g/mol. The van der Waals surface area contributed by atoms with Crippen LogP contribution < -0.4 is 5.32 Å². The van der Waals surface area contributed by atoms with Crippen LogP contribution in [-0.2, 0) is 0 Å². The van der Waals surface area contributed by atoms with Gasteiger partial charge in [-0.05, 0) is 65.6 Å². The van der Waals surface area contributed by atoms with Crippen molar-refractivity contribution in [1.82, 2.24) is 15.1 Å². The first-order valence-electron chi connectivity index (χ1n) is 7.86. The van der Waals surface area contributed by atoms with Crippen LogP contribution in [0.4, 0.5) is 0 Å². The van der Waals surface area contributed by atoms with Gasteiger partial charge in [-0.15, -0.1) is 0 Å². The Labute approximate surface area is 115 Å². The molecule has 0 amide bonds. The first-order chi connectivity index (χ1) is 8.69. The summed E-state index contributed by atoms with van der Waals surface area (Å²) < 4.78 is 0. The van der Waals surface area contributed by atoms with Crippen molar-refractivity contribution in [1.29, 1.82) is 0 Å². The summed E-state index contributed by atoms with van der Waals surface area (Å²) in [5.74, 6) is 0. The first-order valence-corrected chi connectivity index (χ1v) is 7.86. The molecule has 3 heteroatoms. The molecular formula is C15H35N3. The number of rotatable bonds is 12. The molecule has 1 unspecified atom stereocenters. The zero-order valence-electron chi connectivity index (χ0n) is 13.3. The van der Waals surface area contributed by atoms with Gasteiger partial charge in [0.05, 0.1) is 0 Å². The molecule has 1 atom stereocenters. The SMILES string of the molecule is CCNCCC(C)N(CC)CCCN(CC)CC. The zero-order valence-corrected chi connectivity index (χ0v) is 13.3. The van der Waals surface area contributed by atoms with Gasteiger partial charge in [0.15, 0.2) is 0 Å². The molecule has 0 fully saturated rings. The minimum Gasteiger partial charge on any atom is -0.317 e. The second-order valence-electron chi connectivity index (χ2n) is 5.00. The molecule has 0 aliphatic rings. The number of nitrogens with one attached hydrogen (secondary N) is 1. The number of nitrogens with zero attached hydrogens (tertiary/aromatic N) is 2. The maximum atomic E-state index is 3.42. The standard InChI is InChI=1S/C15H35N3/c1-6-16-12-11-15(5)18(9-4)14-10-13-17(7-2)8-3/h15-16H,6-14H2,1-5H3. The van der Waals surface area contributed by atoms with Gasteiger partial charge in [0.25, 0.3) is 0 Å². The van der Waals surface area contributed by atoms with E-state index in [9.17, 15) is 0 Å². The molecule has 0 aliphatic heterocycles. The average molecular weight is 257 g/mol. The lowest BCUT2D eigenvalue weighted by atomic mass is 10.2. The lowest BCUT2D eigenvalue weighted by molar-refractivity contribution is 0.191. The smallest absolute Gasteiger partial charge is 0.00789 e. The Kier molecular flexibility index (Phi) is 11.9. The van der Waals surface area contributed by atoms with Gasteiger partial charge < -0.3 is 15.1 Å². The van der Waals surface area contributed by atoms with E-state index in [2.05, 4.69) is 49.7 Å². The second kappa shape index (κ2) is 11.9. The zero-order chi connectivity index (χ0) is 13.8. The lowest BCUT2D eigenvalue weighted by Crippen LogP contribution is -2.37. The Morgan fingerprint density at radius 2 is 1.61 bits per heavy atom. The topological polar surface area (TPSA) is 18.5 Å². The molecule has 1 N–H and O–H groups in total. The van der Waals surface area contributed by atoms with Gasteiger partial charge in [-0.3, -0.25) is 0 Å². The molecule has 18 heavy (non-hydrogen) atoms. The van der Waals surface area contributed by atoms with Crippen molar-refractivity contribution >= 4 is 0 Å². The molecule has 0 aromatic rings. The van der Waals surface area contributed by atoms with Crippen LogP contribution in [0, 0.1) is 0 Å². The van der Waals surface area contributed by atoms with Crippen LogP contribution in [0.3, 0.4) is 0 Å². The van der Waals surface area contributed by atoms with E-state index in [4.69, 9.17) is 0 Å². The highest BCUT2D eigenvalue weighted by Crippen LogP contribution is 2.04. The molecule has 3 nitrogen and oxygen atoms in total. The molecule has 0 radical (unpaired) electrons. The summed E-state index contributed by atoms with van der Waals surface area (Å²) in [6.45, 7) is 19.5. The molecule has 0 aromatic heterocycles. The van der Waals surface area contributed by atoms with Crippen molar-refractivity contribution in [2.75, 3.05) is 45.8 Å². The second-order valence-corrected chi connectivity index (χ2v) is 5.00. The van der Waals surface area contributed by atoms with Gasteiger partial charge in [0, 0.05) is 6.04 Å². The molecule has 0 spiro atoms. The fraction of sp³-hybridized carbons (Fsp3) is 1.00. The molecule has 0 aliphatic carbocycles. The number of hydrogen-bond acceptors (Lipinski definition) is 3. The summed E-state index contributed by atoms with van der Waals surface area (Å²) >= 11 is 0. The third kappa shape index (κ3) is 8.06. The Morgan fingerprint density at radius 1 is 0.944 bits per heavy atom. The molecule has 0 saturated heterocycles.